The predicted molar refractivity (Wildman–Crippen MR) is 82.7 cm³/mol. The Balaban J connectivity index is 2.01. The molecule has 2 aliphatic heterocycles. The second-order valence-electron chi connectivity index (χ2n) is 5.99. The zero-order chi connectivity index (χ0) is 16.9. The molecule has 1 saturated heterocycles. The average molecular weight is 327 g/mol. The molecule has 0 aliphatic carbocycles. The third-order valence-electron chi connectivity index (χ3n) is 4.13. The lowest BCUT2D eigenvalue weighted by molar-refractivity contribution is -0.0221. The maximum absolute atomic E-state index is 12.3. The fourth-order valence-electron chi connectivity index (χ4n) is 2.90. The summed E-state index contributed by atoms with van der Waals surface area (Å²) in [5, 5.41) is 29.4. The van der Waals surface area contributed by atoms with Crippen LogP contribution in [0.15, 0.2) is 4.79 Å². The first kappa shape index (κ1) is 16.0. The van der Waals surface area contributed by atoms with Gasteiger partial charge in [0.05, 0.1) is 13.3 Å². The first-order valence-electron chi connectivity index (χ1n) is 7.27. The maximum Gasteiger partial charge on any atom is 0.278 e. The molecular formula is C13H21N5O5. The largest absolute Gasteiger partial charge is 0.394 e. The van der Waals surface area contributed by atoms with E-state index in [4.69, 9.17) is 4.74 Å². The van der Waals surface area contributed by atoms with Crippen molar-refractivity contribution in [1.29, 1.82) is 0 Å². The van der Waals surface area contributed by atoms with Crippen LogP contribution in [0.4, 0.5) is 17.5 Å². The van der Waals surface area contributed by atoms with Gasteiger partial charge in [0.15, 0.2) is 12.0 Å². The van der Waals surface area contributed by atoms with Crippen molar-refractivity contribution in [2.24, 2.45) is 0 Å². The molecular weight excluding hydrogens is 306 g/mol. The molecule has 3 rings (SSSR count). The smallest absolute Gasteiger partial charge is 0.278 e. The molecule has 0 aromatic carbocycles. The summed E-state index contributed by atoms with van der Waals surface area (Å²) in [4.78, 5) is 24.4. The van der Waals surface area contributed by atoms with E-state index in [-0.39, 0.29) is 12.2 Å². The second-order valence-corrected chi connectivity index (χ2v) is 5.99. The Morgan fingerprint density at radius 1 is 1.39 bits per heavy atom. The lowest BCUT2D eigenvalue weighted by Gasteiger charge is -2.27. The quantitative estimate of drug-likeness (QED) is 0.476. The summed E-state index contributed by atoms with van der Waals surface area (Å²) in [7, 11) is 5.23. The van der Waals surface area contributed by atoms with Crippen LogP contribution in [0.3, 0.4) is 0 Å². The molecule has 23 heavy (non-hydrogen) atoms. The average Bonchev–Trinajstić information content (AvgIpc) is 2.98. The SMILES string of the molecule is CN(C)c1nc2c(c(=O)[nH]1)N(C)CN2[C@@H]1O[C@H](CO)[C@@H](O)[C@H]1O. The highest BCUT2D eigenvalue weighted by Gasteiger charge is 2.48. The summed E-state index contributed by atoms with van der Waals surface area (Å²) in [5.41, 5.74) is 0.0729. The fourth-order valence-corrected chi connectivity index (χ4v) is 2.90. The summed E-state index contributed by atoms with van der Waals surface area (Å²) in [5.74, 6) is 0.746. The Morgan fingerprint density at radius 2 is 2.09 bits per heavy atom. The molecule has 1 aromatic rings. The molecule has 0 bridgehead atoms. The molecule has 1 fully saturated rings. The van der Waals surface area contributed by atoms with Crippen molar-refractivity contribution in [3.8, 4) is 0 Å². The van der Waals surface area contributed by atoms with Crippen molar-refractivity contribution >= 4 is 17.5 Å². The summed E-state index contributed by atoms with van der Waals surface area (Å²) < 4.78 is 5.55. The van der Waals surface area contributed by atoms with E-state index in [0.717, 1.165) is 0 Å². The van der Waals surface area contributed by atoms with Crippen LogP contribution in [0.25, 0.3) is 0 Å². The Kier molecular flexibility index (Phi) is 3.92. The number of rotatable bonds is 3. The number of aromatic amines is 1. The van der Waals surface area contributed by atoms with Gasteiger partial charge in [-0.15, -0.1) is 0 Å². The number of ether oxygens (including phenoxy) is 1. The van der Waals surface area contributed by atoms with E-state index in [1.165, 1.54) is 0 Å². The molecule has 128 valence electrons. The minimum atomic E-state index is -1.21. The molecule has 0 radical (unpaired) electrons. The minimum Gasteiger partial charge on any atom is -0.394 e. The van der Waals surface area contributed by atoms with Gasteiger partial charge in [-0.05, 0) is 0 Å². The van der Waals surface area contributed by atoms with Crippen LogP contribution in [-0.2, 0) is 4.74 Å². The van der Waals surface area contributed by atoms with E-state index in [1.54, 1.807) is 35.8 Å². The van der Waals surface area contributed by atoms with Gasteiger partial charge in [-0.3, -0.25) is 9.78 Å². The van der Waals surface area contributed by atoms with E-state index >= 15 is 0 Å². The molecule has 0 saturated carbocycles. The van der Waals surface area contributed by atoms with Crippen molar-refractivity contribution in [3.05, 3.63) is 10.4 Å². The van der Waals surface area contributed by atoms with Crippen LogP contribution in [0, 0.1) is 0 Å². The number of nitrogens with zero attached hydrogens (tertiary/aromatic N) is 4. The number of nitrogens with one attached hydrogen (secondary N) is 1. The van der Waals surface area contributed by atoms with Crippen LogP contribution in [0.1, 0.15) is 0 Å². The Bertz CT molecular complexity index is 650. The van der Waals surface area contributed by atoms with Crippen molar-refractivity contribution in [1.82, 2.24) is 9.97 Å². The Labute approximate surface area is 132 Å². The first-order chi connectivity index (χ1) is 10.8. The van der Waals surface area contributed by atoms with E-state index in [0.29, 0.717) is 17.5 Å². The summed E-state index contributed by atoms with van der Waals surface area (Å²) in [6, 6.07) is 0. The van der Waals surface area contributed by atoms with E-state index in [9.17, 15) is 20.1 Å². The van der Waals surface area contributed by atoms with Crippen molar-refractivity contribution < 1.29 is 20.1 Å². The number of aliphatic hydroxyl groups is 3. The molecule has 0 unspecified atom stereocenters. The maximum atomic E-state index is 12.3. The molecule has 10 nitrogen and oxygen atoms in total. The van der Waals surface area contributed by atoms with Gasteiger partial charge in [-0.2, -0.15) is 4.98 Å². The number of aliphatic hydroxyl groups excluding tert-OH is 3. The second kappa shape index (κ2) is 5.64. The van der Waals surface area contributed by atoms with Crippen molar-refractivity contribution in [3.63, 3.8) is 0 Å². The Hall–Kier alpha value is -1.88. The van der Waals surface area contributed by atoms with Crippen LogP contribution in [0.2, 0.25) is 0 Å². The number of H-pyrrole nitrogens is 1. The van der Waals surface area contributed by atoms with Crippen LogP contribution in [-0.4, -0.2) is 84.2 Å². The number of anilines is 3. The minimum absolute atomic E-state index is 0.273. The van der Waals surface area contributed by atoms with Gasteiger partial charge in [0.25, 0.3) is 5.56 Å². The van der Waals surface area contributed by atoms with Crippen LogP contribution in [0.5, 0.6) is 0 Å². The van der Waals surface area contributed by atoms with Gasteiger partial charge in [0.2, 0.25) is 5.95 Å². The van der Waals surface area contributed by atoms with E-state index in [1.807, 2.05) is 0 Å². The van der Waals surface area contributed by atoms with Crippen LogP contribution >= 0.6 is 0 Å². The molecule has 10 heteroatoms. The number of hydrogen-bond acceptors (Lipinski definition) is 9. The van der Waals surface area contributed by atoms with Gasteiger partial charge < -0.3 is 34.8 Å². The lowest BCUT2D eigenvalue weighted by atomic mass is 10.1. The standard InChI is InChI=1S/C13H21N5O5/c1-16(2)13-14-10-7(11(22)15-13)17(3)5-18(10)12-9(21)8(20)6(4-19)23-12/h6,8-9,12,19-21H,4-5H2,1-3H3,(H,14,15,22)/t6-,8-,9-,12-/m1/s1. The van der Waals surface area contributed by atoms with Gasteiger partial charge >= 0.3 is 0 Å². The first-order valence-corrected chi connectivity index (χ1v) is 7.27. The topological polar surface area (TPSA) is 125 Å². The van der Waals surface area contributed by atoms with Gasteiger partial charge in [0.1, 0.15) is 24.0 Å². The molecule has 0 amide bonds. The molecule has 4 atom stereocenters. The molecule has 1 aromatic heterocycles. The zero-order valence-corrected chi connectivity index (χ0v) is 13.2. The molecule has 0 spiro atoms. The van der Waals surface area contributed by atoms with E-state index in [2.05, 4.69) is 9.97 Å². The van der Waals surface area contributed by atoms with Crippen molar-refractivity contribution in [2.75, 3.05) is 49.1 Å². The molecule has 4 N–H and O–H groups in total. The predicted octanol–water partition coefficient (Wildman–Crippen LogP) is -2.51. The molecule has 2 aliphatic rings. The van der Waals surface area contributed by atoms with Gasteiger partial charge in [-0.25, -0.2) is 0 Å². The van der Waals surface area contributed by atoms with Gasteiger partial charge in [0, 0.05) is 21.1 Å². The van der Waals surface area contributed by atoms with Crippen molar-refractivity contribution in [2.45, 2.75) is 24.5 Å². The highest BCUT2D eigenvalue weighted by atomic mass is 16.6. The monoisotopic (exact) mass is 327 g/mol. The van der Waals surface area contributed by atoms with E-state index < -0.39 is 31.1 Å². The number of hydrogen-bond donors (Lipinski definition) is 4. The Morgan fingerprint density at radius 3 is 2.65 bits per heavy atom. The third-order valence-corrected chi connectivity index (χ3v) is 4.13. The highest BCUT2D eigenvalue weighted by molar-refractivity contribution is 5.72. The number of aromatic nitrogens is 2. The summed E-state index contributed by atoms with van der Waals surface area (Å²) in [6.07, 6.45) is -4.18. The lowest BCUT2D eigenvalue weighted by Crippen LogP contribution is -2.45. The zero-order valence-electron chi connectivity index (χ0n) is 13.2. The van der Waals surface area contributed by atoms with Crippen LogP contribution < -0.4 is 20.3 Å². The summed E-state index contributed by atoms with van der Waals surface area (Å²) >= 11 is 0. The molecule has 3 heterocycles. The fraction of sp³-hybridized carbons (Fsp3) is 0.692. The third kappa shape index (κ3) is 2.43. The highest BCUT2D eigenvalue weighted by Crippen LogP contribution is 2.36. The summed E-state index contributed by atoms with van der Waals surface area (Å²) in [6.45, 7) is -0.133. The number of fused-ring (bicyclic) bond motifs is 1. The normalized spacial score (nSPS) is 30.0. The van der Waals surface area contributed by atoms with Gasteiger partial charge in [-0.1, -0.05) is 0 Å².